The maximum absolute atomic E-state index is 13.7. The van der Waals surface area contributed by atoms with Crippen molar-refractivity contribution in [3.63, 3.8) is 0 Å². The summed E-state index contributed by atoms with van der Waals surface area (Å²) in [6.07, 6.45) is 4.79. The number of nitrogens with zero attached hydrogens (tertiary/aromatic N) is 5. The van der Waals surface area contributed by atoms with Crippen molar-refractivity contribution in [3.8, 4) is 33.9 Å². The molecule has 0 saturated heterocycles. The molecule has 7 aromatic rings. The third-order valence-electron chi connectivity index (χ3n) is 16.4. The zero-order chi connectivity index (χ0) is 60.0. The number of thiazole rings is 1. The third kappa shape index (κ3) is 11.9. The fourth-order valence-electron chi connectivity index (χ4n) is 14.0. The molecule has 23 heteroatoms. The van der Waals surface area contributed by atoms with E-state index in [-0.39, 0.29) is 72.3 Å². The molecule has 4 saturated carbocycles. The van der Waals surface area contributed by atoms with Gasteiger partial charge in [0.2, 0.25) is 17.3 Å². The third-order valence-corrected chi connectivity index (χ3v) is 17.4. The Kier molecular flexibility index (Phi) is 15.7. The Morgan fingerprint density at radius 1 is 0.835 bits per heavy atom. The van der Waals surface area contributed by atoms with Crippen molar-refractivity contribution < 1.29 is 73.1 Å². The Hall–Kier alpha value is -8.77. The number of aromatic carboxylic acids is 1. The van der Waals surface area contributed by atoms with Crippen LogP contribution in [0.25, 0.3) is 43.4 Å². The van der Waals surface area contributed by atoms with Crippen molar-refractivity contribution in [3.05, 3.63) is 143 Å². The predicted octanol–water partition coefficient (Wildman–Crippen LogP) is 10.3. The maximum Gasteiger partial charge on any atom is 0.409 e. The van der Waals surface area contributed by atoms with Crippen LogP contribution in [0.4, 0.5) is 9.93 Å². The number of aromatic nitrogens is 4. The number of benzene rings is 4. The van der Waals surface area contributed by atoms with Crippen molar-refractivity contribution in [2.45, 2.75) is 84.3 Å². The molecule has 4 aromatic carbocycles. The van der Waals surface area contributed by atoms with Gasteiger partial charge < -0.3 is 64.6 Å². The summed E-state index contributed by atoms with van der Waals surface area (Å²) in [7, 11) is 1.63. The molecule has 3 unspecified atom stereocenters. The minimum absolute atomic E-state index is 0.00579. The Bertz CT molecular complexity index is 3800. The van der Waals surface area contributed by atoms with Crippen LogP contribution >= 0.6 is 11.3 Å². The Morgan fingerprint density at radius 3 is 2.38 bits per heavy atom. The number of carboxylic acids is 2. The van der Waals surface area contributed by atoms with Crippen molar-refractivity contribution in [2.24, 2.45) is 22.0 Å². The molecule has 3 aromatic heterocycles. The number of aliphatic hydroxyl groups excluding tert-OH is 3. The van der Waals surface area contributed by atoms with Gasteiger partial charge in [-0.15, -0.1) is 0 Å². The van der Waals surface area contributed by atoms with Gasteiger partial charge in [-0.25, -0.2) is 24.4 Å². The van der Waals surface area contributed by atoms with Gasteiger partial charge in [0.1, 0.15) is 24.7 Å². The van der Waals surface area contributed by atoms with Crippen LogP contribution in [0.3, 0.4) is 0 Å². The van der Waals surface area contributed by atoms with Gasteiger partial charge in [-0.1, -0.05) is 61.6 Å². The molecule has 0 radical (unpaired) electrons. The van der Waals surface area contributed by atoms with Crippen molar-refractivity contribution in [2.75, 3.05) is 51.9 Å². The average molecular weight is 1180 g/mol. The number of ether oxygens (including phenoxy) is 6. The number of pyridine rings is 1. The smallest absolute Gasteiger partial charge is 0.409 e. The van der Waals surface area contributed by atoms with E-state index in [9.17, 15) is 44.7 Å². The van der Waals surface area contributed by atoms with Crippen LogP contribution < -0.4 is 20.5 Å². The molecule has 85 heavy (non-hydrogen) atoms. The summed E-state index contributed by atoms with van der Waals surface area (Å²) in [5.74, 6) is -7.29. The number of para-hydroxylation sites is 1. The Morgan fingerprint density at radius 2 is 1.62 bits per heavy atom. The van der Waals surface area contributed by atoms with Gasteiger partial charge in [0.15, 0.2) is 10.8 Å². The number of hydrogen-bond acceptors (Lipinski definition) is 18. The highest BCUT2D eigenvalue weighted by atomic mass is 32.1. The molecular weight excluding hydrogens is 1110 g/mol. The number of aliphatic hydroxyl groups is 3. The molecule has 5 aliphatic rings. The second kappa shape index (κ2) is 23.0. The summed E-state index contributed by atoms with van der Waals surface area (Å²) >= 11 is 1.39. The van der Waals surface area contributed by atoms with Gasteiger partial charge in [0.05, 0.1) is 47.5 Å². The fourth-order valence-corrected chi connectivity index (χ4v) is 14.8. The van der Waals surface area contributed by atoms with Crippen LogP contribution in [0.15, 0.2) is 120 Å². The van der Waals surface area contributed by atoms with E-state index in [1.165, 1.54) is 34.4 Å². The number of nitrogens with one attached hydrogen (secondary N) is 1. The first-order valence-electron chi connectivity index (χ1n) is 27.8. The molecule has 2 amide bonds. The fraction of sp³-hybridized carbons (Fsp3) is 0.371. The van der Waals surface area contributed by atoms with Gasteiger partial charge in [-0.3, -0.25) is 14.8 Å². The number of carboxylic acid groups (broad SMARTS) is 2. The number of carbonyl (C=O) groups excluding carboxylic acids is 2. The number of carbonyl (C=O) groups is 4. The first-order chi connectivity index (χ1) is 40.6. The maximum atomic E-state index is 13.7. The zero-order valence-corrected chi connectivity index (χ0v) is 48.1. The molecule has 1 aliphatic heterocycles. The lowest BCUT2D eigenvalue weighted by Crippen LogP contribution is -2.64. The van der Waals surface area contributed by atoms with Crippen LogP contribution in [0.2, 0.25) is 0 Å². The lowest BCUT2D eigenvalue weighted by molar-refractivity contribution is -0.248. The van der Waals surface area contributed by atoms with E-state index in [1.54, 1.807) is 31.4 Å². The van der Waals surface area contributed by atoms with E-state index in [2.05, 4.69) is 24.1 Å². The largest absolute Gasteiger partial charge is 0.503 e. The minimum Gasteiger partial charge on any atom is -0.503 e. The zero-order valence-electron chi connectivity index (χ0n) is 47.3. The molecule has 12 rings (SSSR count). The van der Waals surface area contributed by atoms with E-state index in [0.717, 1.165) is 59.8 Å². The standard InChI is InChI=1S/C62H65N7O15S/c1-35-43(40-16-17-44(65-48(40)54(74)75)37-13-12-36-8-7-9-41(42(36)24-37)53(73)67-57-66-45-10-5-6-11-47(45)85-57)26-64-69(35)34-61-29-59(2)28-60(3,30-61)32-62(31-59,33-61)82-21-19-68(4)58(78)81-27-38-14-15-39(25-46(38)80-23-22-79-20-18-63)83-56-51(72)49(70)50(71)52(84-56)55(76)77/h5-17,24-26,56,70-72H,18-23,27-34,63H2,1-4H3,(H,74,75)(H,76,77)(H,66,67,73)/t56-,59-,60?,61?,62?/m0/s1. The monoisotopic (exact) mass is 1180 g/mol. The van der Waals surface area contributed by atoms with Crippen molar-refractivity contribution in [1.82, 2.24) is 24.6 Å². The first kappa shape index (κ1) is 58.0. The molecular formula is C62H65N7O15S. The summed E-state index contributed by atoms with van der Waals surface area (Å²) in [5.41, 5.74) is 9.42. The summed E-state index contributed by atoms with van der Waals surface area (Å²) in [6, 6.07) is 26.8. The number of rotatable bonds is 22. The predicted molar refractivity (Wildman–Crippen MR) is 312 cm³/mol. The molecule has 5 atom stereocenters. The molecule has 4 aliphatic carbocycles. The highest BCUT2D eigenvalue weighted by Crippen LogP contribution is 2.72. The molecule has 0 spiro atoms. The molecule has 4 fully saturated rings. The number of hydrogen-bond donors (Lipinski definition) is 7. The number of fused-ring (bicyclic) bond motifs is 2. The summed E-state index contributed by atoms with van der Waals surface area (Å²) in [6.45, 7) is 8.34. The Balaban J connectivity index is 0.748. The van der Waals surface area contributed by atoms with Gasteiger partial charge in [-0.05, 0) is 121 Å². The van der Waals surface area contributed by atoms with Gasteiger partial charge in [0.25, 0.3) is 11.7 Å². The second-order valence-corrected chi connectivity index (χ2v) is 24.4. The van der Waals surface area contributed by atoms with Gasteiger partial charge >= 0.3 is 24.3 Å². The number of nitrogens with two attached hydrogens (primary N) is 1. The summed E-state index contributed by atoms with van der Waals surface area (Å²) in [5, 5.41) is 60.4. The molecule has 444 valence electrons. The highest BCUT2D eigenvalue weighted by molar-refractivity contribution is 7.22. The van der Waals surface area contributed by atoms with Crippen molar-refractivity contribution in [1.29, 1.82) is 0 Å². The normalized spacial score (nSPS) is 22.4. The topological polar surface area (TPSA) is 310 Å². The van der Waals surface area contributed by atoms with Crippen LogP contribution in [-0.2, 0) is 36.9 Å². The highest BCUT2D eigenvalue weighted by Gasteiger charge is 2.66. The molecule has 8 N–H and O–H groups in total. The van der Waals surface area contributed by atoms with Gasteiger partial charge in [-0.2, -0.15) is 5.10 Å². The lowest BCUT2D eigenvalue weighted by Gasteiger charge is -2.69. The first-order valence-corrected chi connectivity index (χ1v) is 28.6. The second-order valence-electron chi connectivity index (χ2n) is 23.4. The van der Waals surface area contributed by atoms with Gasteiger partial charge in [0, 0.05) is 66.3 Å². The van der Waals surface area contributed by atoms with Crippen molar-refractivity contribution >= 4 is 61.4 Å². The number of aliphatic carboxylic acids is 1. The van der Waals surface area contributed by atoms with Crippen LogP contribution in [0, 0.1) is 23.2 Å². The van der Waals surface area contributed by atoms with E-state index >= 15 is 0 Å². The van der Waals surface area contributed by atoms with E-state index in [1.807, 2.05) is 66.2 Å². The van der Waals surface area contributed by atoms with E-state index in [0.29, 0.717) is 63.7 Å². The van der Waals surface area contributed by atoms with Crippen LogP contribution in [0.1, 0.15) is 84.5 Å². The Labute approximate surface area is 492 Å². The lowest BCUT2D eigenvalue weighted by atomic mass is 9.39. The van der Waals surface area contributed by atoms with E-state index < -0.39 is 53.0 Å². The SMILES string of the molecule is Cc1c(-c2ccc(-c3ccc4cccc(C(=O)Nc5nc6ccccc6s5)c4c3)nc2C(=O)O)cnn1CC12CC3(C)CC(OCCN(C)C(=O)OCc4ccc(O[C@H]5OC(C(=O)O)=C(O)C(O)=C5O)cc4OCCOCCN)(C1)C[C@@](C)(C3)C2. The molecule has 4 bridgehead atoms. The molecule has 4 heterocycles. The number of anilines is 1. The van der Waals surface area contributed by atoms with Crippen LogP contribution in [0.5, 0.6) is 11.5 Å². The van der Waals surface area contributed by atoms with E-state index in [4.69, 9.17) is 44.2 Å². The summed E-state index contributed by atoms with van der Waals surface area (Å²) < 4.78 is 37.8. The minimum atomic E-state index is -1.84. The number of likely N-dealkylation sites (N-methyl/N-ethyl adjacent to an activating group) is 1. The quantitative estimate of drug-likeness (QED) is 0.0310. The average Bonchev–Trinajstić information content (AvgIpc) is 0.762. The summed E-state index contributed by atoms with van der Waals surface area (Å²) in [4.78, 5) is 62.7. The molecule has 22 nitrogen and oxygen atoms in total. The number of amides is 2. The van der Waals surface area contributed by atoms with Crippen LogP contribution in [-0.4, -0.2) is 133 Å².